The van der Waals surface area contributed by atoms with Crippen molar-refractivity contribution in [3.05, 3.63) is 0 Å². The van der Waals surface area contributed by atoms with Crippen LogP contribution in [0.2, 0.25) is 0 Å². The van der Waals surface area contributed by atoms with Crippen molar-refractivity contribution in [3.8, 4) is 0 Å². The van der Waals surface area contributed by atoms with Gasteiger partial charge in [-0.05, 0) is 37.5 Å². The molecule has 2 heteroatoms. The molecule has 0 bridgehead atoms. The van der Waals surface area contributed by atoms with E-state index in [1.165, 1.54) is 38.6 Å². The highest BCUT2D eigenvalue weighted by atomic mass is 15.2. The molecule has 0 aromatic rings. The zero-order valence-electron chi connectivity index (χ0n) is 12.3. The number of hydrogen-bond acceptors (Lipinski definition) is 2. The number of nitrogens with zero attached hydrogens (tertiary/aromatic N) is 1. The largest absolute Gasteiger partial charge is 0.329 e. The van der Waals surface area contributed by atoms with Gasteiger partial charge in [0.05, 0.1) is 0 Å². The normalized spacial score (nSPS) is 19.1. The Balaban J connectivity index is 2.70. The van der Waals surface area contributed by atoms with Gasteiger partial charge < -0.3 is 5.73 Å². The maximum absolute atomic E-state index is 6.07. The summed E-state index contributed by atoms with van der Waals surface area (Å²) < 4.78 is 0. The highest BCUT2D eigenvalue weighted by Gasteiger charge is 2.33. The summed E-state index contributed by atoms with van der Waals surface area (Å²) in [5.41, 5.74) is 6.07. The van der Waals surface area contributed by atoms with Crippen LogP contribution in [0.4, 0.5) is 0 Å². The number of hydrogen-bond donors (Lipinski definition) is 1. The van der Waals surface area contributed by atoms with Gasteiger partial charge in [-0.2, -0.15) is 0 Å². The van der Waals surface area contributed by atoms with Crippen LogP contribution in [-0.4, -0.2) is 30.1 Å². The van der Waals surface area contributed by atoms with Gasteiger partial charge in [0.2, 0.25) is 0 Å². The molecule has 102 valence electrons. The van der Waals surface area contributed by atoms with Crippen LogP contribution in [0.1, 0.15) is 59.8 Å². The minimum Gasteiger partial charge on any atom is -0.329 e. The monoisotopic (exact) mass is 240 g/mol. The Labute approximate surface area is 108 Å². The predicted molar refractivity (Wildman–Crippen MR) is 76.1 cm³/mol. The molecule has 0 aromatic heterocycles. The second-order valence-corrected chi connectivity index (χ2v) is 6.05. The molecule has 1 aliphatic rings. The predicted octanol–water partition coefficient (Wildman–Crippen LogP) is 3.26. The standard InChI is InChI=1S/C15H32N2/c1-5-14(6-2)17(11-12(3)4)15(10-16)13-8-7-9-13/h12-15H,5-11,16H2,1-4H3. The molecule has 1 saturated carbocycles. The van der Waals surface area contributed by atoms with E-state index in [1.54, 1.807) is 0 Å². The van der Waals surface area contributed by atoms with E-state index in [0.717, 1.165) is 24.4 Å². The zero-order valence-corrected chi connectivity index (χ0v) is 12.3. The fraction of sp³-hybridized carbons (Fsp3) is 1.00. The van der Waals surface area contributed by atoms with Gasteiger partial charge in [0.1, 0.15) is 0 Å². The van der Waals surface area contributed by atoms with E-state index in [0.29, 0.717) is 6.04 Å². The van der Waals surface area contributed by atoms with Crippen LogP contribution in [0.25, 0.3) is 0 Å². The SMILES string of the molecule is CCC(CC)N(CC(C)C)C(CN)C1CCC1. The molecule has 0 aliphatic heterocycles. The van der Waals surface area contributed by atoms with E-state index in [9.17, 15) is 0 Å². The van der Waals surface area contributed by atoms with Crippen molar-refractivity contribution in [1.82, 2.24) is 4.90 Å². The van der Waals surface area contributed by atoms with Gasteiger partial charge in [-0.1, -0.05) is 34.1 Å². The molecular weight excluding hydrogens is 208 g/mol. The summed E-state index contributed by atoms with van der Waals surface area (Å²) in [7, 11) is 0. The Kier molecular flexibility index (Phi) is 6.50. The van der Waals surface area contributed by atoms with Crippen molar-refractivity contribution >= 4 is 0 Å². The van der Waals surface area contributed by atoms with Gasteiger partial charge >= 0.3 is 0 Å². The third-order valence-corrected chi connectivity index (χ3v) is 4.35. The second-order valence-electron chi connectivity index (χ2n) is 6.05. The van der Waals surface area contributed by atoms with Crippen LogP contribution in [0.3, 0.4) is 0 Å². The molecule has 17 heavy (non-hydrogen) atoms. The van der Waals surface area contributed by atoms with Gasteiger partial charge in [0.25, 0.3) is 0 Å². The van der Waals surface area contributed by atoms with Crippen molar-refractivity contribution in [2.45, 2.75) is 71.9 Å². The Bertz CT molecular complexity index is 195. The van der Waals surface area contributed by atoms with E-state index in [2.05, 4.69) is 32.6 Å². The number of rotatable bonds is 8. The molecule has 0 radical (unpaired) electrons. The average Bonchev–Trinajstić information content (AvgIpc) is 2.23. The van der Waals surface area contributed by atoms with E-state index in [4.69, 9.17) is 5.73 Å². The molecule has 1 atom stereocenters. The van der Waals surface area contributed by atoms with E-state index < -0.39 is 0 Å². The average molecular weight is 240 g/mol. The minimum absolute atomic E-state index is 0.635. The lowest BCUT2D eigenvalue weighted by molar-refractivity contribution is 0.0486. The molecule has 0 heterocycles. The maximum atomic E-state index is 6.07. The summed E-state index contributed by atoms with van der Waals surface area (Å²) in [6.07, 6.45) is 6.73. The molecular formula is C15H32N2. The Morgan fingerprint density at radius 2 is 1.76 bits per heavy atom. The molecule has 1 rings (SSSR count). The lowest BCUT2D eigenvalue weighted by Crippen LogP contribution is -2.53. The van der Waals surface area contributed by atoms with Crippen LogP contribution in [0.15, 0.2) is 0 Å². The Morgan fingerprint density at radius 3 is 2.06 bits per heavy atom. The summed E-state index contributed by atoms with van der Waals surface area (Å²) in [5.74, 6) is 1.61. The smallest absolute Gasteiger partial charge is 0.0249 e. The molecule has 1 aliphatic carbocycles. The van der Waals surface area contributed by atoms with E-state index >= 15 is 0 Å². The molecule has 1 unspecified atom stereocenters. The highest BCUT2D eigenvalue weighted by Crippen LogP contribution is 2.33. The molecule has 0 saturated heterocycles. The molecule has 1 fully saturated rings. The first-order chi connectivity index (χ1) is 8.13. The lowest BCUT2D eigenvalue weighted by Gasteiger charge is -2.45. The van der Waals surface area contributed by atoms with Crippen molar-refractivity contribution in [3.63, 3.8) is 0 Å². The van der Waals surface area contributed by atoms with Gasteiger partial charge in [-0.15, -0.1) is 0 Å². The topological polar surface area (TPSA) is 29.3 Å². The Hall–Kier alpha value is -0.0800. The van der Waals surface area contributed by atoms with Crippen LogP contribution >= 0.6 is 0 Å². The van der Waals surface area contributed by atoms with Crippen LogP contribution < -0.4 is 5.73 Å². The molecule has 2 nitrogen and oxygen atoms in total. The Morgan fingerprint density at radius 1 is 1.18 bits per heavy atom. The molecule has 0 amide bonds. The van der Waals surface area contributed by atoms with Crippen LogP contribution in [0.5, 0.6) is 0 Å². The third-order valence-electron chi connectivity index (χ3n) is 4.35. The van der Waals surface area contributed by atoms with Gasteiger partial charge in [0, 0.05) is 25.2 Å². The van der Waals surface area contributed by atoms with Crippen LogP contribution in [0, 0.1) is 11.8 Å². The first-order valence-corrected chi connectivity index (χ1v) is 7.59. The minimum atomic E-state index is 0.635. The van der Waals surface area contributed by atoms with Crippen molar-refractivity contribution < 1.29 is 0 Å². The fourth-order valence-electron chi connectivity index (χ4n) is 3.16. The fourth-order valence-corrected chi connectivity index (χ4v) is 3.16. The van der Waals surface area contributed by atoms with Gasteiger partial charge in [-0.3, -0.25) is 4.90 Å². The summed E-state index contributed by atoms with van der Waals surface area (Å²) in [5, 5.41) is 0. The van der Waals surface area contributed by atoms with Crippen LogP contribution in [-0.2, 0) is 0 Å². The van der Waals surface area contributed by atoms with Crippen molar-refractivity contribution in [2.24, 2.45) is 17.6 Å². The van der Waals surface area contributed by atoms with E-state index in [-0.39, 0.29) is 0 Å². The quantitative estimate of drug-likeness (QED) is 0.705. The van der Waals surface area contributed by atoms with E-state index in [1.807, 2.05) is 0 Å². The van der Waals surface area contributed by atoms with Crippen molar-refractivity contribution in [1.29, 1.82) is 0 Å². The zero-order chi connectivity index (χ0) is 12.8. The summed E-state index contributed by atoms with van der Waals surface area (Å²) in [6, 6.07) is 1.36. The highest BCUT2D eigenvalue weighted by molar-refractivity contribution is 4.88. The summed E-state index contributed by atoms with van der Waals surface area (Å²) in [6.45, 7) is 11.3. The summed E-state index contributed by atoms with van der Waals surface area (Å²) >= 11 is 0. The molecule has 0 spiro atoms. The first-order valence-electron chi connectivity index (χ1n) is 7.59. The molecule has 0 aromatic carbocycles. The number of nitrogens with two attached hydrogens (primary N) is 1. The van der Waals surface area contributed by atoms with Gasteiger partial charge in [-0.25, -0.2) is 0 Å². The second kappa shape index (κ2) is 7.38. The first kappa shape index (κ1) is 15.0. The lowest BCUT2D eigenvalue weighted by atomic mass is 9.78. The third kappa shape index (κ3) is 3.96. The molecule has 2 N–H and O–H groups in total. The van der Waals surface area contributed by atoms with Gasteiger partial charge in [0.15, 0.2) is 0 Å². The maximum Gasteiger partial charge on any atom is 0.0249 e. The van der Waals surface area contributed by atoms with Crippen molar-refractivity contribution in [2.75, 3.05) is 13.1 Å². The summed E-state index contributed by atoms with van der Waals surface area (Å²) in [4.78, 5) is 2.73.